The van der Waals surface area contributed by atoms with Gasteiger partial charge in [0, 0.05) is 37.5 Å². The summed E-state index contributed by atoms with van der Waals surface area (Å²) < 4.78 is 5.10. The molecule has 1 saturated heterocycles. The number of likely N-dealkylation sites (tertiary alicyclic amines) is 1. The van der Waals surface area contributed by atoms with Crippen LogP contribution in [0.2, 0.25) is 0 Å². The molecule has 0 saturated carbocycles. The van der Waals surface area contributed by atoms with Crippen LogP contribution in [-0.4, -0.2) is 49.4 Å². The number of rotatable bonds is 9. The number of Topliss-reactive ketones (excluding diaryl/α,β-unsaturated/α-hetero) is 1. The van der Waals surface area contributed by atoms with Crippen LogP contribution in [0.5, 0.6) is 5.75 Å². The average molecular weight is 395 g/mol. The molecule has 0 bridgehead atoms. The SMILES string of the molecule is COc1ccc(C(=O)CCC(=O)NC2CCCN(CCc3ccccc3)C2)cc1. The van der Waals surface area contributed by atoms with Gasteiger partial charge < -0.3 is 15.0 Å². The van der Waals surface area contributed by atoms with E-state index in [-0.39, 0.29) is 30.6 Å². The van der Waals surface area contributed by atoms with Crippen LogP contribution in [0.25, 0.3) is 0 Å². The summed E-state index contributed by atoms with van der Waals surface area (Å²) in [5.41, 5.74) is 1.96. The van der Waals surface area contributed by atoms with Crippen LogP contribution >= 0.6 is 0 Å². The number of benzene rings is 2. The number of hydrogen-bond acceptors (Lipinski definition) is 4. The van der Waals surface area contributed by atoms with Gasteiger partial charge in [-0.1, -0.05) is 30.3 Å². The summed E-state index contributed by atoms with van der Waals surface area (Å²) in [5, 5.41) is 3.12. The highest BCUT2D eigenvalue weighted by Crippen LogP contribution is 2.14. The van der Waals surface area contributed by atoms with E-state index in [2.05, 4.69) is 34.5 Å². The molecule has 3 rings (SSSR count). The number of nitrogens with one attached hydrogen (secondary N) is 1. The van der Waals surface area contributed by atoms with Gasteiger partial charge in [-0.15, -0.1) is 0 Å². The smallest absolute Gasteiger partial charge is 0.220 e. The number of ketones is 1. The summed E-state index contributed by atoms with van der Waals surface area (Å²) in [7, 11) is 1.59. The Morgan fingerprint density at radius 3 is 2.55 bits per heavy atom. The monoisotopic (exact) mass is 394 g/mol. The lowest BCUT2D eigenvalue weighted by Gasteiger charge is -2.33. The van der Waals surface area contributed by atoms with Crippen molar-refractivity contribution in [2.24, 2.45) is 0 Å². The molecule has 0 spiro atoms. The van der Waals surface area contributed by atoms with Crippen molar-refractivity contribution in [3.63, 3.8) is 0 Å². The van der Waals surface area contributed by atoms with Gasteiger partial charge in [0.2, 0.25) is 5.91 Å². The standard InChI is InChI=1S/C24H30N2O3/c1-29-22-11-9-20(10-12-22)23(27)13-14-24(28)25-21-8-5-16-26(18-21)17-15-19-6-3-2-4-7-19/h2-4,6-7,9-12,21H,5,8,13-18H2,1H3,(H,25,28). The molecule has 1 heterocycles. The van der Waals surface area contributed by atoms with E-state index in [1.54, 1.807) is 31.4 Å². The number of nitrogens with zero attached hydrogens (tertiary/aromatic N) is 1. The summed E-state index contributed by atoms with van der Waals surface area (Å²) in [4.78, 5) is 27.0. The zero-order chi connectivity index (χ0) is 20.5. The molecule has 0 aliphatic carbocycles. The van der Waals surface area contributed by atoms with Crippen LogP contribution in [-0.2, 0) is 11.2 Å². The zero-order valence-corrected chi connectivity index (χ0v) is 17.1. The minimum atomic E-state index is -0.0400. The first-order chi connectivity index (χ1) is 14.1. The zero-order valence-electron chi connectivity index (χ0n) is 17.1. The highest BCUT2D eigenvalue weighted by Gasteiger charge is 2.21. The van der Waals surface area contributed by atoms with Gasteiger partial charge >= 0.3 is 0 Å². The fraction of sp³-hybridized carbons (Fsp3) is 0.417. The van der Waals surface area contributed by atoms with E-state index >= 15 is 0 Å². The Morgan fingerprint density at radius 2 is 1.83 bits per heavy atom. The summed E-state index contributed by atoms with van der Waals surface area (Å²) in [6, 6.07) is 17.7. The van der Waals surface area contributed by atoms with Crippen LogP contribution in [0, 0.1) is 0 Å². The first kappa shape index (κ1) is 21.1. The highest BCUT2D eigenvalue weighted by molar-refractivity contribution is 5.98. The largest absolute Gasteiger partial charge is 0.497 e. The van der Waals surface area contributed by atoms with Crippen molar-refractivity contribution < 1.29 is 14.3 Å². The Kier molecular flexibility index (Phi) is 7.82. The highest BCUT2D eigenvalue weighted by atomic mass is 16.5. The van der Waals surface area contributed by atoms with E-state index in [9.17, 15) is 9.59 Å². The quantitative estimate of drug-likeness (QED) is 0.662. The van der Waals surface area contributed by atoms with Gasteiger partial charge in [-0.3, -0.25) is 9.59 Å². The molecule has 5 nitrogen and oxygen atoms in total. The molecule has 2 aromatic rings. The molecule has 1 unspecified atom stereocenters. The van der Waals surface area contributed by atoms with Crippen molar-refractivity contribution in [1.82, 2.24) is 10.2 Å². The molecular formula is C24H30N2O3. The minimum Gasteiger partial charge on any atom is -0.497 e. The summed E-state index contributed by atoms with van der Waals surface area (Å²) in [6.45, 7) is 2.96. The Hall–Kier alpha value is -2.66. The molecule has 0 aromatic heterocycles. The Bertz CT molecular complexity index is 790. The van der Waals surface area contributed by atoms with Crippen molar-refractivity contribution in [2.75, 3.05) is 26.7 Å². The van der Waals surface area contributed by atoms with Crippen molar-refractivity contribution in [1.29, 1.82) is 0 Å². The number of piperidine rings is 1. The Labute approximate surface area is 173 Å². The second kappa shape index (κ2) is 10.8. The van der Waals surface area contributed by atoms with Gasteiger partial charge in [0.1, 0.15) is 5.75 Å². The van der Waals surface area contributed by atoms with Crippen molar-refractivity contribution >= 4 is 11.7 Å². The Morgan fingerprint density at radius 1 is 1.07 bits per heavy atom. The molecule has 1 atom stereocenters. The van der Waals surface area contributed by atoms with E-state index in [0.717, 1.165) is 38.9 Å². The molecule has 154 valence electrons. The number of carbonyl (C=O) groups excluding carboxylic acids is 2. The molecule has 5 heteroatoms. The third kappa shape index (κ3) is 6.71. The maximum atomic E-state index is 12.3. The van der Waals surface area contributed by atoms with Crippen LogP contribution in [0.15, 0.2) is 54.6 Å². The van der Waals surface area contributed by atoms with Gasteiger partial charge in [0.05, 0.1) is 7.11 Å². The average Bonchev–Trinajstić information content (AvgIpc) is 2.77. The maximum absolute atomic E-state index is 12.3. The summed E-state index contributed by atoms with van der Waals surface area (Å²) in [6.07, 6.45) is 3.57. The second-order valence-corrected chi connectivity index (χ2v) is 7.59. The van der Waals surface area contributed by atoms with E-state index in [1.165, 1.54) is 5.56 Å². The number of methoxy groups -OCH3 is 1. The fourth-order valence-electron chi connectivity index (χ4n) is 3.76. The van der Waals surface area contributed by atoms with Crippen molar-refractivity contribution in [3.8, 4) is 5.75 Å². The van der Waals surface area contributed by atoms with Gasteiger partial charge in [-0.25, -0.2) is 0 Å². The van der Waals surface area contributed by atoms with Gasteiger partial charge in [-0.2, -0.15) is 0 Å². The summed E-state index contributed by atoms with van der Waals surface area (Å²) >= 11 is 0. The normalized spacial score (nSPS) is 16.9. The molecule has 1 aliphatic rings. The number of carbonyl (C=O) groups is 2. The van der Waals surface area contributed by atoms with E-state index in [1.807, 2.05) is 6.07 Å². The number of hydrogen-bond donors (Lipinski definition) is 1. The van der Waals surface area contributed by atoms with Gasteiger partial charge in [-0.05, 0) is 55.6 Å². The lowest BCUT2D eigenvalue weighted by Crippen LogP contribution is -2.48. The van der Waals surface area contributed by atoms with Crippen molar-refractivity contribution in [3.05, 3.63) is 65.7 Å². The van der Waals surface area contributed by atoms with Crippen LogP contribution < -0.4 is 10.1 Å². The van der Waals surface area contributed by atoms with E-state index in [4.69, 9.17) is 4.74 Å². The third-order valence-corrected chi connectivity index (χ3v) is 5.42. The second-order valence-electron chi connectivity index (χ2n) is 7.59. The number of ether oxygens (including phenoxy) is 1. The maximum Gasteiger partial charge on any atom is 0.220 e. The fourth-order valence-corrected chi connectivity index (χ4v) is 3.76. The minimum absolute atomic E-state index is 0.0177. The lowest BCUT2D eigenvalue weighted by molar-refractivity contribution is -0.122. The molecule has 1 N–H and O–H groups in total. The first-order valence-electron chi connectivity index (χ1n) is 10.4. The molecule has 1 aliphatic heterocycles. The van der Waals surface area contributed by atoms with Crippen molar-refractivity contribution in [2.45, 2.75) is 38.1 Å². The predicted molar refractivity (Wildman–Crippen MR) is 114 cm³/mol. The summed E-state index contributed by atoms with van der Waals surface area (Å²) in [5.74, 6) is 0.658. The molecule has 1 fully saturated rings. The van der Waals surface area contributed by atoms with Crippen LogP contribution in [0.3, 0.4) is 0 Å². The van der Waals surface area contributed by atoms with Crippen LogP contribution in [0.4, 0.5) is 0 Å². The molecule has 1 amide bonds. The van der Waals surface area contributed by atoms with Gasteiger partial charge in [0.25, 0.3) is 0 Å². The molecular weight excluding hydrogens is 364 g/mol. The molecule has 2 aromatic carbocycles. The van der Waals surface area contributed by atoms with E-state index in [0.29, 0.717) is 11.3 Å². The van der Waals surface area contributed by atoms with E-state index < -0.39 is 0 Å². The topological polar surface area (TPSA) is 58.6 Å². The van der Waals surface area contributed by atoms with Gasteiger partial charge in [0.15, 0.2) is 5.78 Å². The van der Waals surface area contributed by atoms with Crippen LogP contribution in [0.1, 0.15) is 41.6 Å². The first-order valence-corrected chi connectivity index (χ1v) is 10.4. The third-order valence-electron chi connectivity index (χ3n) is 5.42. The predicted octanol–water partition coefficient (Wildman–Crippen LogP) is 3.48. The molecule has 29 heavy (non-hydrogen) atoms. The lowest BCUT2D eigenvalue weighted by atomic mass is 10.0. The number of amides is 1. The Balaban J connectivity index is 1.39. The molecule has 0 radical (unpaired) electrons.